The van der Waals surface area contributed by atoms with Crippen LogP contribution >= 0.6 is 11.6 Å². The summed E-state index contributed by atoms with van der Waals surface area (Å²) in [4.78, 5) is 12.8. The number of hydrogen-bond donors (Lipinski definition) is 0. The molecule has 0 aliphatic heterocycles. The fourth-order valence-electron chi connectivity index (χ4n) is 2.42. The van der Waals surface area contributed by atoms with Gasteiger partial charge in [-0.05, 0) is 42.8 Å². The molecule has 1 heterocycles. The van der Waals surface area contributed by atoms with E-state index in [4.69, 9.17) is 25.5 Å². The van der Waals surface area contributed by atoms with E-state index in [0.717, 1.165) is 11.3 Å². The number of rotatable bonds is 6. The predicted molar refractivity (Wildman–Crippen MR) is 95.3 cm³/mol. The summed E-state index contributed by atoms with van der Waals surface area (Å²) in [7, 11) is 1.60. The van der Waals surface area contributed by atoms with Crippen molar-refractivity contribution in [3.63, 3.8) is 0 Å². The molecule has 124 valence electrons. The first-order chi connectivity index (χ1) is 11.7. The third kappa shape index (κ3) is 3.24. The van der Waals surface area contributed by atoms with E-state index in [1.54, 1.807) is 25.3 Å². The molecular formula is C19H17ClO4. The normalized spacial score (nSPS) is 10.8. The van der Waals surface area contributed by atoms with Gasteiger partial charge >= 0.3 is 0 Å². The van der Waals surface area contributed by atoms with Crippen molar-refractivity contribution in [1.82, 2.24) is 0 Å². The Balaban J connectivity index is 2.15. The largest absolute Gasteiger partial charge is 0.497 e. The molecule has 4 nitrogen and oxygen atoms in total. The van der Waals surface area contributed by atoms with Gasteiger partial charge in [-0.2, -0.15) is 0 Å². The average molecular weight is 345 g/mol. The number of halogens is 1. The molecule has 0 radical (unpaired) electrons. The number of hydrogen-bond acceptors (Lipinski definition) is 4. The molecule has 1 aromatic heterocycles. The van der Waals surface area contributed by atoms with Crippen LogP contribution in [0.15, 0.2) is 57.7 Å². The molecule has 0 aliphatic carbocycles. The molecule has 0 unspecified atom stereocenters. The van der Waals surface area contributed by atoms with Gasteiger partial charge in [0.2, 0.25) is 11.2 Å². The quantitative estimate of drug-likeness (QED) is 0.489. The van der Waals surface area contributed by atoms with Gasteiger partial charge in [-0.3, -0.25) is 4.79 Å². The number of benzene rings is 2. The molecule has 0 fully saturated rings. The van der Waals surface area contributed by atoms with Crippen molar-refractivity contribution in [3.8, 4) is 22.8 Å². The Labute approximate surface area is 144 Å². The third-order valence-corrected chi connectivity index (χ3v) is 3.90. The lowest BCUT2D eigenvalue weighted by Gasteiger charge is -2.11. The van der Waals surface area contributed by atoms with E-state index in [9.17, 15) is 4.79 Å². The molecular weight excluding hydrogens is 328 g/mol. The Morgan fingerprint density at radius 2 is 1.83 bits per heavy atom. The van der Waals surface area contributed by atoms with E-state index in [2.05, 4.69) is 0 Å². The SMILES string of the molecule is COc1ccc(-c2oc3ccccc3c(=O)c2OCCCCl)cc1. The standard InChI is InChI=1S/C19H17ClO4/c1-22-14-9-7-13(8-10-14)18-19(23-12-4-11-20)17(21)15-5-2-3-6-16(15)24-18/h2-3,5-10H,4,11-12H2,1H3. The maximum Gasteiger partial charge on any atom is 0.235 e. The molecule has 24 heavy (non-hydrogen) atoms. The van der Waals surface area contributed by atoms with E-state index >= 15 is 0 Å². The molecule has 0 bridgehead atoms. The van der Waals surface area contributed by atoms with Gasteiger partial charge in [0.15, 0.2) is 5.76 Å². The van der Waals surface area contributed by atoms with Gasteiger partial charge in [0.1, 0.15) is 11.3 Å². The highest BCUT2D eigenvalue weighted by atomic mass is 35.5. The molecule has 0 saturated carbocycles. The van der Waals surface area contributed by atoms with Crippen LogP contribution in [-0.4, -0.2) is 19.6 Å². The second-order valence-electron chi connectivity index (χ2n) is 5.21. The van der Waals surface area contributed by atoms with Crippen LogP contribution < -0.4 is 14.9 Å². The van der Waals surface area contributed by atoms with Crippen molar-refractivity contribution >= 4 is 22.6 Å². The molecule has 0 saturated heterocycles. The van der Waals surface area contributed by atoms with Crippen LogP contribution in [0.5, 0.6) is 11.5 Å². The lowest BCUT2D eigenvalue weighted by atomic mass is 10.1. The Morgan fingerprint density at radius 3 is 2.54 bits per heavy atom. The monoisotopic (exact) mass is 344 g/mol. The smallest absolute Gasteiger partial charge is 0.235 e. The maximum absolute atomic E-state index is 12.8. The topological polar surface area (TPSA) is 48.7 Å². The highest BCUT2D eigenvalue weighted by Gasteiger charge is 2.17. The molecule has 0 amide bonds. The summed E-state index contributed by atoms with van der Waals surface area (Å²) in [5, 5.41) is 0.496. The number of para-hydroxylation sites is 1. The third-order valence-electron chi connectivity index (χ3n) is 3.63. The molecule has 0 atom stereocenters. The minimum atomic E-state index is -0.183. The fourth-order valence-corrected chi connectivity index (χ4v) is 2.53. The minimum Gasteiger partial charge on any atom is -0.497 e. The van der Waals surface area contributed by atoms with Gasteiger partial charge in [0.25, 0.3) is 0 Å². The Kier molecular flexibility index (Phi) is 5.06. The summed E-state index contributed by atoms with van der Waals surface area (Å²) >= 11 is 5.70. The molecule has 0 aliphatic rings. The first kappa shape index (κ1) is 16.4. The van der Waals surface area contributed by atoms with Gasteiger partial charge < -0.3 is 13.9 Å². The van der Waals surface area contributed by atoms with Crippen molar-refractivity contribution in [3.05, 3.63) is 58.8 Å². The predicted octanol–water partition coefficient (Wildman–Crippen LogP) is 4.48. The van der Waals surface area contributed by atoms with Crippen molar-refractivity contribution in [2.75, 3.05) is 19.6 Å². The van der Waals surface area contributed by atoms with Crippen molar-refractivity contribution in [2.45, 2.75) is 6.42 Å². The number of fused-ring (bicyclic) bond motifs is 1. The maximum atomic E-state index is 12.8. The van der Waals surface area contributed by atoms with Crippen LogP contribution in [0.4, 0.5) is 0 Å². The summed E-state index contributed by atoms with van der Waals surface area (Å²) < 4.78 is 16.8. The number of ether oxygens (including phenoxy) is 2. The Hall–Kier alpha value is -2.46. The summed E-state index contributed by atoms with van der Waals surface area (Å²) in [6, 6.07) is 14.4. The van der Waals surface area contributed by atoms with E-state index < -0.39 is 0 Å². The van der Waals surface area contributed by atoms with Crippen molar-refractivity contribution < 1.29 is 13.9 Å². The highest BCUT2D eigenvalue weighted by Crippen LogP contribution is 2.31. The molecule has 3 aromatic rings. The summed E-state index contributed by atoms with van der Waals surface area (Å²) in [6.45, 7) is 0.357. The van der Waals surface area contributed by atoms with E-state index in [1.807, 2.05) is 30.3 Å². The van der Waals surface area contributed by atoms with Gasteiger partial charge in [0, 0.05) is 11.4 Å². The zero-order chi connectivity index (χ0) is 16.9. The summed E-state index contributed by atoms with van der Waals surface area (Å²) in [5.74, 6) is 1.82. The minimum absolute atomic E-state index is 0.183. The first-order valence-electron chi connectivity index (χ1n) is 7.63. The van der Waals surface area contributed by atoms with Crippen LogP contribution in [0.25, 0.3) is 22.3 Å². The Bertz CT molecular complexity index is 884. The van der Waals surface area contributed by atoms with Gasteiger partial charge in [-0.25, -0.2) is 0 Å². The van der Waals surface area contributed by atoms with Crippen LogP contribution in [0.3, 0.4) is 0 Å². The summed E-state index contributed by atoms with van der Waals surface area (Å²) in [6.07, 6.45) is 0.649. The van der Waals surface area contributed by atoms with Gasteiger partial charge in [-0.1, -0.05) is 12.1 Å². The molecule has 2 aromatic carbocycles. The first-order valence-corrected chi connectivity index (χ1v) is 8.17. The molecule has 3 rings (SSSR count). The zero-order valence-corrected chi connectivity index (χ0v) is 14.0. The Morgan fingerprint density at radius 1 is 1.08 bits per heavy atom. The van der Waals surface area contributed by atoms with Gasteiger partial charge in [0.05, 0.1) is 19.1 Å². The number of alkyl halides is 1. The highest BCUT2D eigenvalue weighted by molar-refractivity contribution is 6.17. The van der Waals surface area contributed by atoms with E-state index in [0.29, 0.717) is 35.6 Å². The summed E-state index contributed by atoms with van der Waals surface area (Å²) in [5.41, 5.74) is 1.09. The van der Waals surface area contributed by atoms with E-state index in [1.165, 1.54) is 0 Å². The second-order valence-corrected chi connectivity index (χ2v) is 5.58. The van der Waals surface area contributed by atoms with Crippen molar-refractivity contribution in [1.29, 1.82) is 0 Å². The lowest BCUT2D eigenvalue weighted by Crippen LogP contribution is -2.11. The fraction of sp³-hybridized carbons (Fsp3) is 0.211. The molecule has 0 spiro atoms. The number of methoxy groups -OCH3 is 1. The van der Waals surface area contributed by atoms with Crippen LogP contribution in [-0.2, 0) is 0 Å². The van der Waals surface area contributed by atoms with Crippen LogP contribution in [0.1, 0.15) is 6.42 Å². The molecule has 5 heteroatoms. The second kappa shape index (κ2) is 7.41. The average Bonchev–Trinajstić information content (AvgIpc) is 2.63. The lowest BCUT2D eigenvalue weighted by molar-refractivity contribution is 0.310. The van der Waals surface area contributed by atoms with Crippen LogP contribution in [0, 0.1) is 0 Å². The van der Waals surface area contributed by atoms with Crippen LogP contribution in [0.2, 0.25) is 0 Å². The molecule has 0 N–H and O–H groups in total. The van der Waals surface area contributed by atoms with E-state index in [-0.39, 0.29) is 11.2 Å². The van der Waals surface area contributed by atoms with Gasteiger partial charge in [-0.15, -0.1) is 11.6 Å². The zero-order valence-electron chi connectivity index (χ0n) is 13.3. The van der Waals surface area contributed by atoms with Crippen molar-refractivity contribution in [2.24, 2.45) is 0 Å².